The van der Waals surface area contributed by atoms with Crippen molar-refractivity contribution < 1.29 is 13.5 Å². The number of aryl methyl sites for hydroxylation is 1. The number of hydrogen-bond donors (Lipinski definition) is 1. The van der Waals surface area contributed by atoms with Crippen LogP contribution in [-0.2, 0) is 6.42 Å². The summed E-state index contributed by atoms with van der Waals surface area (Å²) in [5.41, 5.74) is 0.399. The second-order valence-electron chi connectivity index (χ2n) is 4.42. The predicted molar refractivity (Wildman–Crippen MR) is 75.3 cm³/mol. The van der Waals surface area contributed by atoms with Crippen molar-refractivity contribution in [1.29, 1.82) is 0 Å². The number of hydrogen-bond acceptors (Lipinski definition) is 4. The van der Waals surface area contributed by atoms with Crippen LogP contribution in [-0.4, -0.2) is 25.2 Å². The van der Waals surface area contributed by atoms with Gasteiger partial charge in [-0.05, 0) is 31.6 Å². The molecule has 0 bridgehead atoms. The van der Waals surface area contributed by atoms with E-state index in [1.54, 1.807) is 18.3 Å². The van der Waals surface area contributed by atoms with Crippen molar-refractivity contribution >= 4 is 0 Å². The first-order valence-electron chi connectivity index (χ1n) is 6.74. The highest BCUT2D eigenvalue weighted by atomic mass is 19.1. The number of methoxy groups -OCH3 is 1. The average Bonchev–Trinajstić information content (AvgIpc) is 2.92. The van der Waals surface area contributed by atoms with E-state index in [0.29, 0.717) is 23.0 Å². The predicted octanol–water partition coefficient (Wildman–Crippen LogP) is 3.03. The maximum Gasteiger partial charge on any atom is 0.194 e. The summed E-state index contributed by atoms with van der Waals surface area (Å²) in [6.45, 7) is 3.94. The molecule has 1 heterocycles. The number of ether oxygens (including phenoxy) is 1. The average molecular weight is 278 g/mol. The highest BCUT2D eigenvalue weighted by molar-refractivity contribution is 5.58. The Balaban J connectivity index is 2.04. The first-order valence-corrected chi connectivity index (χ1v) is 6.74. The van der Waals surface area contributed by atoms with Gasteiger partial charge < -0.3 is 14.5 Å². The molecule has 0 saturated carbocycles. The van der Waals surface area contributed by atoms with E-state index in [0.717, 1.165) is 25.9 Å². The number of halogens is 1. The van der Waals surface area contributed by atoms with Crippen LogP contribution in [0.2, 0.25) is 0 Å². The summed E-state index contributed by atoms with van der Waals surface area (Å²) in [6, 6.07) is 4.67. The lowest BCUT2D eigenvalue weighted by atomic mass is 10.1. The smallest absolute Gasteiger partial charge is 0.194 e. The lowest BCUT2D eigenvalue weighted by molar-refractivity contribution is 0.411. The first-order chi connectivity index (χ1) is 9.74. The molecule has 0 saturated heterocycles. The van der Waals surface area contributed by atoms with Crippen molar-refractivity contribution in [2.45, 2.75) is 19.8 Å². The zero-order valence-corrected chi connectivity index (χ0v) is 11.8. The van der Waals surface area contributed by atoms with Gasteiger partial charge in [0.2, 0.25) is 0 Å². The van der Waals surface area contributed by atoms with Crippen LogP contribution in [0.15, 0.2) is 28.8 Å². The van der Waals surface area contributed by atoms with E-state index < -0.39 is 0 Å². The Morgan fingerprint density at radius 2 is 2.25 bits per heavy atom. The molecule has 0 fully saturated rings. The van der Waals surface area contributed by atoms with E-state index in [1.165, 1.54) is 13.2 Å². The van der Waals surface area contributed by atoms with E-state index in [1.807, 2.05) is 0 Å². The number of aromatic nitrogens is 1. The lowest BCUT2D eigenvalue weighted by Gasteiger charge is -2.02. The summed E-state index contributed by atoms with van der Waals surface area (Å²) >= 11 is 0. The quantitative estimate of drug-likeness (QED) is 0.791. The van der Waals surface area contributed by atoms with E-state index >= 15 is 0 Å². The second kappa shape index (κ2) is 7.05. The Labute approximate surface area is 118 Å². The second-order valence-corrected chi connectivity index (χ2v) is 4.42. The molecule has 0 aliphatic carbocycles. The van der Waals surface area contributed by atoms with Gasteiger partial charge in [0, 0.05) is 12.5 Å². The summed E-state index contributed by atoms with van der Waals surface area (Å²) < 4.78 is 24.5. The Hall–Kier alpha value is -1.88. The molecular weight excluding hydrogens is 259 g/mol. The van der Waals surface area contributed by atoms with E-state index in [4.69, 9.17) is 9.15 Å². The number of benzene rings is 1. The third kappa shape index (κ3) is 3.57. The zero-order chi connectivity index (χ0) is 14.4. The van der Waals surface area contributed by atoms with Gasteiger partial charge in [0.25, 0.3) is 0 Å². The molecule has 1 aromatic carbocycles. The van der Waals surface area contributed by atoms with Crippen LogP contribution in [0, 0.1) is 5.82 Å². The molecule has 20 heavy (non-hydrogen) atoms. The summed E-state index contributed by atoms with van der Waals surface area (Å²) in [7, 11) is 1.51. The van der Waals surface area contributed by atoms with E-state index in [9.17, 15) is 4.39 Å². The Morgan fingerprint density at radius 3 is 2.95 bits per heavy atom. The molecule has 1 aromatic heterocycles. The van der Waals surface area contributed by atoms with Crippen LogP contribution in [0.3, 0.4) is 0 Å². The minimum Gasteiger partial charge on any atom is -0.497 e. The maximum absolute atomic E-state index is 13.9. The number of nitrogens with one attached hydrogen (secondary N) is 1. The van der Waals surface area contributed by atoms with Gasteiger partial charge in [-0.3, -0.25) is 0 Å². The Morgan fingerprint density at radius 1 is 1.40 bits per heavy atom. The van der Waals surface area contributed by atoms with Gasteiger partial charge in [0.15, 0.2) is 11.7 Å². The van der Waals surface area contributed by atoms with Gasteiger partial charge in [-0.2, -0.15) is 0 Å². The lowest BCUT2D eigenvalue weighted by Crippen LogP contribution is -2.14. The van der Waals surface area contributed by atoms with Gasteiger partial charge in [-0.1, -0.05) is 6.92 Å². The monoisotopic (exact) mass is 278 g/mol. The highest BCUT2D eigenvalue weighted by Crippen LogP contribution is 2.26. The molecule has 2 aromatic rings. The molecule has 0 atom stereocenters. The number of nitrogens with zero attached hydrogens (tertiary/aromatic N) is 1. The summed E-state index contributed by atoms with van der Waals surface area (Å²) in [4.78, 5) is 4.18. The molecule has 0 amide bonds. The molecule has 1 N–H and O–H groups in total. The minimum absolute atomic E-state index is 0.375. The maximum atomic E-state index is 13.9. The summed E-state index contributed by atoms with van der Waals surface area (Å²) in [6.07, 6.45) is 3.25. The molecule has 108 valence electrons. The van der Waals surface area contributed by atoms with Gasteiger partial charge in [-0.25, -0.2) is 9.37 Å². The highest BCUT2D eigenvalue weighted by Gasteiger charge is 2.11. The fraction of sp³-hybridized carbons (Fsp3) is 0.400. The SMILES string of the molecule is CCNCCCc1ncc(-c2ccc(OC)cc2F)o1. The minimum atomic E-state index is -0.375. The Kier molecular flexibility index (Phi) is 5.12. The third-order valence-electron chi connectivity index (χ3n) is 2.99. The van der Waals surface area contributed by atoms with Crippen molar-refractivity contribution in [2.24, 2.45) is 0 Å². The summed E-state index contributed by atoms with van der Waals surface area (Å²) in [5.74, 6) is 1.19. The fourth-order valence-corrected chi connectivity index (χ4v) is 1.91. The van der Waals surface area contributed by atoms with Crippen LogP contribution < -0.4 is 10.1 Å². The van der Waals surface area contributed by atoms with Crippen molar-refractivity contribution in [3.8, 4) is 17.1 Å². The van der Waals surface area contributed by atoms with Crippen LogP contribution in [0.5, 0.6) is 5.75 Å². The molecule has 4 nitrogen and oxygen atoms in total. The molecule has 0 spiro atoms. The normalized spacial score (nSPS) is 10.8. The molecule has 2 rings (SSSR count). The standard InChI is InChI=1S/C15H19FN2O2/c1-3-17-8-4-5-15-18-10-14(20-15)12-7-6-11(19-2)9-13(12)16/h6-7,9-10,17H,3-5,8H2,1-2H3. The van der Waals surface area contributed by atoms with Gasteiger partial charge in [0.05, 0.1) is 18.9 Å². The number of rotatable bonds is 7. The largest absolute Gasteiger partial charge is 0.497 e. The van der Waals surface area contributed by atoms with Gasteiger partial charge >= 0.3 is 0 Å². The molecule has 0 aliphatic heterocycles. The van der Waals surface area contributed by atoms with Crippen molar-refractivity contribution in [3.63, 3.8) is 0 Å². The van der Waals surface area contributed by atoms with Crippen molar-refractivity contribution in [1.82, 2.24) is 10.3 Å². The first kappa shape index (κ1) is 14.5. The van der Waals surface area contributed by atoms with Gasteiger partial charge in [-0.15, -0.1) is 0 Å². The fourth-order valence-electron chi connectivity index (χ4n) is 1.91. The van der Waals surface area contributed by atoms with Crippen molar-refractivity contribution in [3.05, 3.63) is 36.1 Å². The molecule has 0 aliphatic rings. The van der Waals surface area contributed by atoms with Crippen LogP contribution in [0.25, 0.3) is 11.3 Å². The summed E-state index contributed by atoms with van der Waals surface area (Å²) in [5, 5.41) is 3.24. The van der Waals surface area contributed by atoms with E-state index in [-0.39, 0.29) is 5.82 Å². The molecule has 0 unspecified atom stereocenters. The van der Waals surface area contributed by atoms with Crippen molar-refractivity contribution in [2.75, 3.05) is 20.2 Å². The van der Waals surface area contributed by atoms with Gasteiger partial charge in [0.1, 0.15) is 11.6 Å². The van der Waals surface area contributed by atoms with Crippen LogP contribution >= 0.6 is 0 Å². The number of oxazole rings is 1. The Bertz CT molecular complexity index is 555. The van der Waals surface area contributed by atoms with E-state index in [2.05, 4.69) is 17.2 Å². The zero-order valence-electron chi connectivity index (χ0n) is 11.8. The van der Waals surface area contributed by atoms with Crippen LogP contribution in [0.1, 0.15) is 19.2 Å². The molecule has 0 radical (unpaired) electrons. The van der Waals surface area contributed by atoms with Crippen LogP contribution in [0.4, 0.5) is 4.39 Å². The molecule has 5 heteroatoms. The third-order valence-corrected chi connectivity index (χ3v) is 2.99. The molecular formula is C15H19FN2O2. The topological polar surface area (TPSA) is 47.3 Å².